The van der Waals surface area contributed by atoms with Crippen molar-refractivity contribution in [2.75, 3.05) is 0 Å². The Morgan fingerprint density at radius 3 is 2.64 bits per heavy atom. The second-order valence-corrected chi connectivity index (χ2v) is 3.10. The van der Waals surface area contributed by atoms with E-state index in [4.69, 9.17) is 17.5 Å². The topological polar surface area (TPSA) is 47.9 Å². The first-order valence-corrected chi connectivity index (χ1v) is 4.19. The molecular formula is C7H11N3S. The number of nitrogens with zero attached hydrogens (tertiary/aromatic N) is 1. The molecule has 0 radical (unpaired) electrons. The molecule has 1 rings (SSSR count). The highest BCUT2D eigenvalue weighted by molar-refractivity contribution is 7.80. The molecule has 11 heavy (non-hydrogen) atoms. The number of nitrogens with one attached hydrogen (secondary N) is 2. The largest absolute Gasteiger partial charge is 0.359 e. The Kier molecular flexibility index (Phi) is 3.12. The van der Waals surface area contributed by atoms with Crippen LogP contribution in [0.15, 0.2) is 0 Å². The summed E-state index contributed by atoms with van der Waals surface area (Å²) in [7, 11) is 0. The summed E-state index contributed by atoms with van der Waals surface area (Å²) in [6.07, 6.45) is 6.68. The van der Waals surface area contributed by atoms with Crippen LogP contribution in [-0.4, -0.2) is 11.2 Å². The zero-order chi connectivity index (χ0) is 8.10. The van der Waals surface area contributed by atoms with Gasteiger partial charge in [0.2, 0.25) is 0 Å². The molecule has 0 heterocycles. The molecule has 1 saturated carbocycles. The van der Waals surface area contributed by atoms with Gasteiger partial charge in [0.05, 0.1) is 0 Å². The minimum atomic E-state index is 0.458. The zero-order valence-corrected chi connectivity index (χ0v) is 7.08. The van der Waals surface area contributed by atoms with Crippen molar-refractivity contribution in [2.45, 2.75) is 31.7 Å². The summed E-state index contributed by atoms with van der Waals surface area (Å²) in [6, 6.07) is 0.489. The highest BCUT2D eigenvalue weighted by Gasteiger charge is 2.14. The summed E-state index contributed by atoms with van der Waals surface area (Å²) < 4.78 is 0. The monoisotopic (exact) mass is 169 g/mol. The average Bonchev–Trinajstić information content (AvgIpc) is 2.40. The Labute approximate surface area is 71.8 Å². The first-order valence-electron chi connectivity index (χ1n) is 3.78. The number of thiocarbonyl (C=S) groups is 1. The lowest BCUT2D eigenvalue weighted by Crippen LogP contribution is -2.38. The molecule has 0 aromatic carbocycles. The quantitative estimate of drug-likeness (QED) is 0.347. The molecule has 1 aliphatic rings. The second-order valence-electron chi connectivity index (χ2n) is 2.69. The van der Waals surface area contributed by atoms with Crippen molar-refractivity contribution in [3.63, 3.8) is 0 Å². The lowest BCUT2D eigenvalue weighted by Gasteiger charge is -2.11. The van der Waals surface area contributed by atoms with Crippen LogP contribution in [0.1, 0.15) is 25.7 Å². The van der Waals surface area contributed by atoms with Gasteiger partial charge in [0.25, 0.3) is 0 Å². The smallest absolute Gasteiger partial charge is 0.183 e. The van der Waals surface area contributed by atoms with Crippen molar-refractivity contribution in [3.05, 3.63) is 0 Å². The fourth-order valence-electron chi connectivity index (χ4n) is 1.34. The fraction of sp³-hybridized carbons (Fsp3) is 0.714. The third-order valence-electron chi connectivity index (χ3n) is 1.86. The van der Waals surface area contributed by atoms with Gasteiger partial charge in [-0.25, -0.2) is 0 Å². The number of hydrogen-bond donors (Lipinski definition) is 2. The maximum absolute atomic E-state index is 8.22. The molecule has 0 atom stereocenters. The standard InChI is InChI=1S/C7H11N3S/c8-5-9-7(11)10-6-3-1-2-4-6/h6H,1-4H2,(H2,9,10,11). The molecule has 3 nitrogen and oxygen atoms in total. The molecule has 60 valence electrons. The molecule has 0 bridgehead atoms. The van der Waals surface area contributed by atoms with Gasteiger partial charge in [0.1, 0.15) is 0 Å². The number of hydrogen-bond acceptors (Lipinski definition) is 2. The molecule has 0 unspecified atom stereocenters. The van der Waals surface area contributed by atoms with Crippen molar-refractivity contribution in [1.29, 1.82) is 5.26 Å². The Balaban J connectivity index is 2.19. The summed E-state index contributed by atoms with van der Waals surface area (Å²) in [4.78, 5) is 0. The fourth-order valence-corrected chi connectivity index (χ4v) is 1.55. The third-order valence-corrected chi connectivity index (χ3v) is 2.08. The van der Waals surface area contributed by atoms with E-state index >= 15 is 0 Å². The Bertz CT molecular complexity index is 179. The van der Waals surface area contributed by atoms with Crippen LogP contribution in [0.2, 0.25) is 0 Å². The van der Waals surface area contributed by atoms with Gasteiger partial charge in [-0.2, -0.15) is 5.26 Å². The van der Waals surface area contributed by atoms with Gasteiger partial charge in [-0.3, -0.25) is 5.32 Å². The molecule has 1 aliphatic carbocycles. The van der Waals surface area contributed by atoms with Crippen LogP contribution >= 0.6 is 12.2 Å². The van der Waals surface area contributed by atoms with Gasteiger partial charge in [-0.15, -0.1) is 0 Å². The normalized spacial score (nSPS) is 17.4. The van der Waals surface area contributed by atoms with E-state index in [-0.39, 0.29) is 0 Å². The summed E-state index contributed by atoms with van der Waals surface area (Å²) in [6.45, 7) is 0. The predicted molar refractivity (Wildman–Crippen MR) is 46.7 cm³/mol. The maximum Gasteiger partial charge on any atom is 0.183 e. The SMILES string of the molecule is N#CNC(=S)NC1CCCC1. The van der Waals surface area contributed by atoms with Crippen LogP contribution in [0.25, 0.3) is 0 Å². The van der Waals surface area contributed by atoms with Crippen molar-refractivity contribution in [1.82, 2.24) is 10.6 Å². The highest BCUT2D eigenvalue weighted by atomic mass is 32.1. The Morgan fingerprint density at radius 2 is 2.09 bits per heavy atom. The third kappa shape index (κ3) is 2.72. The van der Waals surface area contributed by atoms with Gasteiger partial charge in [-0.1, -0.05) is 12.8 Å². The van der Waals surface area contributed by atoms with Crippen molar-refractivity contribution in [3.8, 4) is 6.19 Å². The van der Waals surface area contributed by atoms with Crippen LogP contribution in [0.4, 0.5) is 0 Å². The highest BCUT2D eigenvalue weighted by Crippen LogP contribution is 2.17. The molecule has 0 saturated heterocycles. The van der Waals surface area contributed by atoms with E-state index in [0.29, 0.717) is 11.2 Å². The van der Waals surface area contributed by atoms with Gasteiger partial charge in [-0.05, 0) is 25.1 Å². The van der Waals surface area contributed by atoms with Crippen LogP contribution in [0.5, 0.6) is 0 Å². The first-order chi connectivity index (χ1) is 5.33. The average molecular weight is 169 g/mol. The molecule has 0 aromatic heterocycles. The molecule has 4 heteroatoms. The lowest BCUT2D eigenvalue weighted by atomic mass is 10.3. The molecule has 0 spiro atoms. The summed E-state index contributed by atoms with van der Waals surface area (Å²) in [5, 5.41) is 14.2. The lowest BCUT2D eigenvalue weighted by molar-refractivity contribution is 0.628. The van der Waals surface area contributed by atoms with Crippen LogP contribution in [-0.2, 0) is 0 Å². The Hall–Kier alpha value is -0.820. The zero-order valence-electron chi connectivity index (χ0n) is 6.26. The van der Waals surface area contributed by atoms with Crippen molar-refractivity contribution >= 4 is 17.3 Å². The summed E-state index contributed by atoms with van der Waals surface area (Å²) in [5.74, 6) is 0. The molecule has 2 N–H and O–H groups in total. The van der Waals surface area contributed by atoms with E-state index in [9.17, 15) is 0 Å². The van der Waals surface area contributed by atoms with Gasteiger partial charge in [0, 0.05) is 6.04 Å². The maximum atomic E-state index is 8.22. The van der Waals surface area contributed by atoms with E-state index in [1.165, 1.54) is 25.7 Å². The van der Waals surface area contributed by atoms with E-state index in [0.717, 1.165) is 0 Å². The molecule has 0 aliphatic heterocycles. The van der Waals surface area contributed by atoms with Crippen molar-refractivity contribution < 1.29 is 0 Å². The second kappa shape index (κ2) is 4.14. The van der Waals surface area contributed by atoms with Crippen molar-refractivity contribution in [2.24, 2.45) is 0 Å². The van der Waals surface area contributed by atoms with Crippen LogP contribution in [0.3, 0.4) is 0 Å². The molecule has 1 fully saturated rings. The molecule has 0 amide bonds. The van der Waals surface area contributed by atoms with Gasteiger partial charge < -0.3 is 5.32 Å². The predicted octanol–water partition coefficient (Wildman–Crippen LogP) is 0.874. The number of rotatable bonds is 1. The molecule has 0 aromatic rings. The number of nitriles is 1. The summed E-state index contributed by atoms with van der Waals surface area (Å²) in [5.41, 5.74) is 0. The van der Waals surface area contributed by atoms with E-state index < -0.39 is 0 Å². The van der Waals surface area contributed by atoms with E-state index in [2.05, 4.69) is 10.6 Å². The van der Waals surface area contributed by atoms with Crippen LogP contribution in [0, 0.1) is 11.5 Å². The molecular weight excluding hydrogens is 158 g/mol. The van der Waals surface area contributed by atoms with E-state index in [1.54, 1.807) is 6.19 Å². The summed E-state index contributed by atoms with van der Waals surface area (Å²) >= 11 is 4.85. The van der Waals surface area contributed by atoms with Crippen LogP contribution < -0.4 is 10.6 Å². The minimum Gasteiger partial charge on any atom is -0.359 e. The Morgan fingerprint density at radius 1 is 1.45 bits per heavy atom. The van der Waals surface area contributed by atoms with Gasteiger partial charge in [0.15, 0.2) is 11.3 Å². The van der Waals surface area contributed by atoms with E-state index in [1.807, 2.05) is 0 Å². The minimum absolute atomic E-state index is 0.458. The first kappa shape index (κ1) is 8.28. The van der Waals surface area contributed by atoms with Gasteiger partial charge >= 0.3 is 0 Å².